The summed E-state index contributed by atoms with van der Waals surface area (Å²) in [6.45, 7) is 0. The van der Waals surface area contributed by atoms with Crippen molar-refractivity contribution in [2.75, 3.05) is 0 Å². The van der Waals surface area contributed by atoms with Crippen LogP contribution in [0.1, 0.15) is 5.56 Å². The summed E-state index contributed by atoms with van der Waals surface area (Å²) in [6, 6.07) is 12.6. The summed E-state index contributed by atoms with van der Waals surface area (Å²) in [7, 11) is 0. The number of nitrogens with zero attached hydrogens (tertiary/aromatic N) is 1. The predicted octanol–water partition coefficient (Wildman–Crippen LogP) is 2.62. The Hall–Kier alpha value is -2.89. The first-order valence-corrected chi connectivity index (χ1v) is 5.77. The molecule has 0 heterocycles. The van der Waals surface area contributed by atoms with E-state index >= 15 is 0 Å². The number of nitrogens with one attached hydrogen (secondary N) is 1. The summed E-state index contributed by atoms with van der Waals surface area (Å²) >= 11 is 0. The number of benzene rings is 2. The zero-order valence-corrected chi connectivity index (χ0v) is 10.4. The van der Waals surface area contributed by atoms with Crippen LogP contribution in [0.2, 0.25) is 0 Å². The summed E-state index contributed by atoms with van der Waals surface area (Å²) < 4.78 is 19.6. The molecule has 3 N–H and O–H groups in total. The van der Waals surface area contributed by atoms with Gasteiger partial charge in [-0.25, -0.2) is 14.6 Å². The van der Waals surface area contributed by atoms with E-state index in [0.29, 0.717) is 5.75 Å². The zero-order chi connectivity index (χ0) is 14.4. The van der Waals surface area contributed by atoms with Crippen LogP contribution >= 0.6 is 0 Å². The highest BCUT2D eigenvalue weighted by atomic mass is 19.1. The van der Waals surface area contributed by atoms with Crippen LogP contribution in [-0.2, 0) is 0 Å². The van der Waals surface area contributed by atoms with Gasteiger partial charge in [0.25, 0.3) is 0 Å². The van der Waals surface area contributed by atoms with Crippen LogP contribution < -0.4 is 15.9 Å². The molecule has 0 aromatic heterocycles. The quantitative estimate of drug-likeness (QED) is 0.663. The number of nitrogens with two attached hydrogens (primary N) is 1. The smallest absolute Gasteiger partial charge is 0.332 e. The maximum Gasteiger partial charge on any atom is 0.332 e. The summed E-state index contributed by atoms with van der Waals surface area (Å²) in [6.07, 6.45) is 1.15. The molecule has 0 aliphatic rings. The van der Waals surface area contributed by atoms with Crippen LogP contribution in [0, 0.1) is 5.82 Å². The standard InChI is InChI=1S/C14H12FN3O2/c15-13-10(9-17-18-14(16)19)5-4-8-12(13)20-11-6-2-1-3-7-11/h1-9H,(H3,16,18,19). The number of hydrogen-bond donors (Lipinski definition) is 2. The fourth-order valence-electron chi connectivity index (χ4n) is 1.49. The molecule has 0 radical (unpaired) electrons. The van der Waals surface area contributed by atoms with E-state index in [2.05, 4.69) is 5.10 Å². The molecule has 2 aromatic carbocycles. The molecular weight excluding hydrogens is 261 g/mol. The Kier molecular flexibility index (Phi) is 4.28. The van der Waals surface area contributed by atoms with Crippen LogP contribution in [0.15, 0.2) is 53.6 Å². The molecule has 0 saturated carbocycles. The fraction of sp³-hybridized carbons (Fsp3) is 0. The van der Waals surface area contributed by atoms with Gasteiger partial charge in [-0.2, -0.15) is 5.10 Å². The van der Waals surface area contributed by atoms with Crippen molar-refractivity contribution in [3.05, 3.63) is 59.9 Å². The summed E-state index contributed by atoms with van der Waals surface area (Å²) in [5, 5.41) is 3.51. The number of ether oxygens (including phenoxy) is 1. The van der Waals surface area contributed by atoms with Crippen LogP contribution in [0.3, 0.4) is 0 Å². The molecule has 0 fully saturated rings. The van der Waals surface area contributed by atoms with Crippen LogP contribution in [0.25, 0.3) is 0 Å². The van der Waals surface area contributed by atoms with Gasteiger partial charge in [-0.3, -0.25) is 0 Å². The van der Waals surface area contributed by atoms with Crippen LogP contribution in [0.4, 0.5) is 9.18 Å². The normalized spacial score (nSPS) is 10.4. The van der Waals surface area contributed by atoms with Crippen molar-refractivity contribution in [2.24, 2.45) is 10.8 Å². The first-order valence-electron chi connectivity index (χ1n) is 5.77. The number of carbonyl (C=O) groups is 1. The van der Waals surface area contributed by atoms with Gasteiger partial charge in [-0.1, -0.05) is 30.3 Å². The molecule has 0 saturated heterocycles. The van der Waals surface area contributed by atoms with Crippen molar-refractivity contribution < 1.29 is 13.9 Å². The minimum atomic E-state index is -0.821. The molecule has 0 unspecified atom stereocenters. The minimum absolute atomic E-state index is 0.0687. The van der Waals surface area contributed by atoms with Crippen LogP contribution in [0.5, 0.6) is 11.5 Å². The minimum Gasteiger partial charge on any atom is -0.454 e. The third-order valence-corrected chi connectivity index (χ3v) is 2.34. The summed E-state index contributed by atoms with van der Waals surface area (Å²) in [4.78, 5) is 10.5. The molecule has 2 aromatic rings. The van der Waals surface area contributed by atoms with Crippen molar-refractivity contribution in [1.82, 2.24) is 5.43 Å². The second-order valence-electron chi connectivity index (χ2n) is 3.81. The molecule has 102 valence electrons. The number of primary amides is 1. The Balaban J connectivity index is 2.19. The lowest BCUT2D eigenvalue weighted by atomic mass is 10.2. The molecule has 0 bridgehead atoms. The Morgan fingerprint density at radius 1 is 1.20 bits per heavy atom. The largest absolute Gasteiger partial charge is 0.454 e. The van der Waals surface area contributed by atoms with E-state index in [1.165, 1.54) is 12.1 Å². The monoisotopic (exact) mass is 273 g/mol. The second-order valence-corrected chi connectivity index (χ2v) is 3.81. The van der Waals surface area contributed by atoms with Crippen molar-refractivity contribution in [3.8, 4) is 11.5 Å². The lowest BCUT2D eigenvalue weighted by Gasteiger charge is -2.07. The molecular formula is C14H12FN3O2. The van der Waals surface area contributed by atoms with E-state index in [1.54, 1.807) is 30.3 Å². The molecule has 2 amide bonds. The number of hydrogen-bond acceptors (Lipinski definition) is 3. The molecule has 0 atom stereocenters. The van der Waals surface area contributed by atoms with Gasteiger partial charge in [0.15, 0.2) is 11.6 Å². The third kappa shape index (κ3) is 3.55. The van der Waals surface area contributed by atoms with Crippen molar-refractivity contribution >= 4 is 12.2 Å². The Labute approximate surface area is 114 Å². The molecule has 0 aliphatic carbocycles. The lowest BCUT2D eigenvalue weighted by molar-refractivity contribution is 0.249. The van der Waals surface area contributed by atoms with Gasteiger partial charge in [0.1, 0.15) is 5.75 Å². The highest BCUT2D eigenvalue weighted by Crippen LogP contribution is 2.25. The Morgan fingerprint density at radius 3 is 2.65 bits per heavy atom. The van der Waals surface area contributed by atoms with E-state index in [0.717, 1.165) is 6.21 Å². The predicted molar refractivity (Wildman–Crippen MR) is 73.2 cm³/mol. The molecule has 0 spiro atoms. The summed E-state index contributed by atoms with van der Waals surface area (Å²) in [5.74, 6) is 0.0151. The number of carbonyl (C=O) groups excluding carboxylic acids is 1. The van der Waals surface area contributed by atoms with Gasteiger partial charge in [-0.15, -0.1) is 0 Å². The molecule has 5 nitrogen and oxygen atoms in total. The molecule has 0 aliphatic heterocycles. The van der Waals surface area contributed by atoms with E-state index in [1.807, 2.05) is 11.5 Å². The number of rotatable bonds is 4. The highest BCUT2D eigenvalue weighted by molar-refractivity contribution is 5.82. The molecule has 2 rings (SSSR count). The van der Waals surface area contributed by atoms with E-state index < -0.39 is 11.8 Å². The number of hydrazone groups is 1. The number of amides is 2. The maximum absolute atomic E-state index is 14.1. The number of para-hydroxylation sites is 1. The average Bonchev–Trinajstić information content (AvgIpc) is 2.44. The van der Waals surface area contributed by atoms with Gasteiger partial charge >= 0.3 is 6.03 Å². The van der Waals surface area contributed by atoms with Crippen molar-refractivity contribution in [1.29, 1.82) is 0 Å². The Bertz CT molecular complexity index is 630. The first-order chi connectivity index (χ1) is 9.66. The summed E-state index contributed by atoms with van der Waals surface area (Å²) in [5.41, 5.74) is 7.01. The third-order valence-electron chi connectivity index (χ3n) is 2.34. The second kappa shape index (κ2) is 6.33. The lowest BCUT2D eigenvalue weighted by Crippen LogP contribution is -2.24. The topological polar surface area (TPSA) is 76.7 Å². The molecule has 6 heteroatoms. The first kappa shape index (κ1) is 13.5. The van der Waals surface area contributed by atoms with E-state index in [4.69, 9.17) is 10.5 Å². The van der Waals surface area contributed by atoms with Gasteiger partial charge in [0.2, 0.25) is 0 Å². The zero-order valence-electron chi connectivity index (χ0n) is 10.4. The van der Waals surface area contributed by atoms with Crippen LogP contribution in [-0.4, -0.2) is 12.2 Å². The van der Waals surface area contributed by atoms with Crippen molar-refractivity contribution in [2.45, 2.75) is 0 Å². The average molecular weight is 273 g/mol. The number of halogens is 1. The van der Waals surface area contributed by atoms with Crippen molar-refractivity contribution in [3.63, 3.8) is 0 Å². The molecule has 20 heavy (non-hydrogen) atoms. The van der Waals surface area contributed by atoms with E-state index in [9.17, 15) is 9.18 Å². The van der Waals surface area contributed by atoms with Gasteiger partial charge < -0.3 is 10.5 Å². The SMILES string of the molecule is NC(=O)NN=Cc1cccc(Oc2ccccc2)c1F. The highest BCUT2D eigenvalue weighted by Gasteiger charge is 2.08. The maximum atomic E-state index is 14.1. The van der Waals surface area contributed by atoms with E-state index in [-0.39, 0.29) is 11.3 Å². The fourth-order valence-corrected chi connectivity index (χ4v) is 1.49. The Morgan fingerprint density at radius 2 is 1.95 bits per heavy atom. The van der Waals surface area contributed by atoms with Gasteiger partial charge in [0.05, 0.1) is 6.21 Å². The van der Waals surface area contributed by atoms with Gasteiger partial charge in [-0.05, 0) is 18.2 Å². The van der Waals surface area contributed by atoms with Gasteiger partial charge in [0, 0.05) is 5.56 Å². The number of urea groups is 1.